The lowest BCUT2D eigenvalue weighted by molar-refractivity contribution is -0.122. The van der Waals surface area contributed by atoms with Crippen molar-refractivity contribution in [1.29, 1.82) is 0 Å². The summed E-state index contributed by atoms with van der Waals surface area (Å²) in [5.41, 5.74) is 2.30. The highest BCUT2D eigenvalue weighted by Gasteiger charge is 2.17. The number of nitrogens with one attached hydrogen (secondary N) is 2. The summed E-state index contributed by atoms with van der Waals surface area (Å²) in [5, 5.41) is 10.3. The number of carbonyl (C=O) groups is 1. The van der Waals surface area contributed by atoms with Crippen LogP contribution in [-0.4, -0.2) is 29.1 Å². The summed E-state index contributed by atoms with van der Waals surface area (Å²) >= 11 is 0. The molecule has 0 saturated carbocycles. The molecule has 0 aliphatic carbocycles. The van der Waals surface area contributed by atoms with Gasteiger partial charge in [-0.05, 0) is 50.3 Å². The number of piperidine rings is 1. The lowest BCUT2D eigenvalue weighted by Crippen LogP contribution is -2.34. The lowest BCUT2D eigenvalue weighted by atomic mass is 9.96. The molecule has 33 heavy (non-hydrogen) atoms. The van der Waals surface area contributed by atoms with Crippen LogP contribution in [0.15, 0.2) is 28.8 Å². The minimum atomic E-state index is 0. The minimum Gasteiger partial charge on any atom is -0.347 e. The summed E-state index contributed by atoms with van der Waals surface area (Å²) < 4.78 is 5.33. The Labute approximate surface area is 205 Å². The second-order valence-electron chi connectivity index (χ2n) is 9.13. The van der Waals surface area contributed by atoms with Crippen molar-refractivity contribution in [3.05, 3.63) is 35.7 Å². The van der Waals surface area contributed by atoms with Crippen LogP contribution in [0.3, 0.4) is 0 Å². The van der Waals surface area contributed by atoms with E-state index in [9.17, 15) is 4.79 Å². The zero-order chi connectivity index (χ0) is 22.4. The molecule has 1 atom stereocenters. The fourth-order valence-electron chi connectivity index (χ4n) is 4.33. The molecule has 0 radical (unpaired) electrons. The molecule has 1 aliphatic rings. The molecule has 3 rings (SSSR count). The van der Waals surface area contributed by atoms with E-state index in [4.69, 9.17) is 4.52 Å². The van der Waals surface area contributed by atoms with Gasteiger partial charge in [-0.3, -0.25) is 4.79 Å². The van der Waals surface area contributed by atoms with E-state index in [1.165, 1.54) is 56.9 Å². The maximum atomic E-state index is 12.2. The Hall–Kier alpha value is -1.92. The number of benzene rings is 1. The highest BCUT2D eigenvalue weighted by atomic mass is 35.5. The van der Waals surface area contributed by atoms with Crippen LogP contribution in [0.25, 0.3) is 11.4 Å². The van der Waals surface area contributed by atoms with Crippen molar-refractivity contribution in [2.24, 2.45) is 5.92 Å². The van der Waals surface area contributed by atoms with Gasteiger partial charge in [0.25, 0.3) is 0 Å². The van der Waals surface area contributed by atoms with Gasteiger partial charge in [-0.25, -0.2) is 0 Å². The summed E-state index contributed by atoms with van der Waals surface area (Å²) in [6.45, 7) is 4.53. The predicted molar refractivity (Wildman–Crippen MR) is 135 cm³/mol. The monoisotopic (exact) mass is 476 g/mol. The van der Waals surface area contributed by atoms with E-state index >= 15 is 0 Å². The van der Waals surface area contributed by atoms with Crippen molar-refractivity contribution < 1.29 is 9.32 Å². The molecule has 7 heteroatoms. The highest BCUT2D eigenvalue weighted by molar-refractivity contribution is 5.85. The van der Waals surface area contributed by atoms with Gasteiger partial charge in [0.2, 0.25) is 17.6 Å². The molecule has 1 unspecified atom stereocenters. The molecule has 2 N–H and O–H groups in total. The van der Waals surface area contributed by atoms with Gasteiger partial charge in [0.1, 0.15) is 0 Å². The molecule has 1 aromatic heterocycles. The van der Waals surface area contributed by atoms with Crippen LogP contribution in [0.5, 0.6) is 0 Å². The number of aromatic nitrogens is 2. The van der Waals surface area contributed by atoms with Crippen LogP contribution >= 0.6 is 12.4 Å². The summed E-state index contributed by atoms with van der Waals surface area (Å²) in [6.07, 6.45) is 14.7. The van der Waals surface area contributed by atoms with Gasteiger partial charge in [0, 0.05) is 12.0 Å². The average Bonchev–Trinajstić information content (AvgIpc) is 3.30. The topological polar surface area (TPSA) is 80.0 Å². The minimum absolute atomic E-state index is 0. The van der Waals surface area contributed by atoms with E-state index in [0.29, 0.717) is 24.1 Å². The summed E-state index contributed by atoms with van der Waals surface area (Å²) in [7, 11) is 0. The Bertz CT molecular complexity index is 788. The Kier molecular flexibility index (Phi) is 13.1. The van der Waals surface area contributed by atoms with Gasteiger partial charge < -0.3 is 15.2 Å². The molecule has 1 aliphatic heterocycles. The molecule has 184 valence electrons. The van der Waals surface area contributed by atoms with E-state index in [2.05, 4.69) is 52.0 Å². The van der Waals surface area contributed by atoms with Gasteiger partial charge in [0.05, 0.1) is 6.54 Å². The first-order chi connectivity index (χ1) is 15.7. The van der Waals surface area contributed by atoms with Gasteiger partial charge >= 0.3 is 0 Å². The molecular weight excluding hydrogens is 436 g/mol. The molecule has 6 nitrogen and oxygen atoms in total. The number of amides is 1. The molecule has 1 amide bonds. The van der Waals surface area contributed by atoms with Crippen molar-refractivity contribution in [1.82, 2.24) is 20.8 Å². The number of unbranched alkanes of at least 4 members (excludes halogenated alkanes) is 7. The van der Waals surface area contributed by atoms with Crippen LogP contribution < -0.4 is 10.6 Å². The first kappa shape index (κ1) is 27.3. The first-order valence-electron chi connectivity index (χ1n) is 12.6. The highest BCUT2D eigenvalue weighted by Crippen LogP contribution is 2.19. The average molecular weight is 477 g/mol. The van der Waals surface area contributed by atoms with Crippen LogP contribution in [0.4, 0.5) is 0 Å². The molecular formula is C26H41ClN4O2. The van der Waals surface area contributed by atoms with Crippen molar-refractivity contribution in [3.8, 4) is 11.4 Å². The van der Waals surface area contributed by atoms with Crippen molar-refractivity contribution >= 4 is 18.3 Å². The quantitative estimate of drug-likeness (QED) is 0.334. The molecule has 1 fully saturated rings. The second kappa shape index (κ2) is 15.8. The number of carbonyl (C=O) groups excluding carboxylic acids is 1. The molecule has 0 spiro atoms. The first-order valence-corrected chi connectivity index (χ1v) is 12.6. The molecule has 1 saturated heterocycles. The smallest absolute Gasteiger partial charge is 0.246 e. The third kappa shape index (κ3) is 10.3. The largest absolute Gasteiger partial charge is 0.347 e. The molecule has 0 bridgehead atoms. The third-order valence-corrected chi connectivity index (χ3v) is 6.31. The summed E-state index contributed by atoms with van der Waals surface area (Å²) in [6, 6.07) is 8.44. The van der Waals surface area contributed by atoms with Gasteiger partial charge in [-0.15, -0.1) is 12.4 Å². The number of hydrogen-bond donors (Lipinski definition) is 2. The number of halogens is 1. The van der Waals surface area contributed by atoms with Crippen molar-refractivity contribution in [2.45, 2.75) is 90.5 Å². The molecule has 2 heterocycles. The van der Waals surface area contributed by atoms with Crippen LogP contribution in [-0.2, 0) is 17.8 Å². The SMILES string of the molecule is CCCCCCCCCCc1ccc(-c2noc(CNC(=O)CC3CCCNC3)n2)cc1.Cl. The fourth-order valence-corrected chi connectivity index (χ4v) is 4.33. The lowest BCUT2D eigenvalue weighted by Gasteiger charge is -2.21. The Balaban J connectivity index is 0.00000385. The zero-order valence-electron chi connectivity index (χ0n) is 20.1. The number of aryl methyl sites for hydroxylation is 1. The van der Waals surface area contributed by atoms with E-state index < -0.39 is 0 Å². The van der Waals surface area contributed by atoms with Crippen LogP contribution in [0.1, 0.15) is 89.0 Å². The Morgan fingerprint density at radius 2 is 1.82 bits per heavy atom. The van der Waals surface area contributed by atoms with E-state index in [1.54, 1.807) is 0 Å². The third-order valence-electron chi connectivity index (χ3n) is 6.31. The van der Waals surface area contributed by atoms with Crippen LogP contribution in [0, 0.1) is 5.92 Å². The molecule has 2 aromatic rings. The van der Waals surface area contributed by atoms with E-state index in [0.717, 1.165) is 37.9 Å². The normalized spacial score (nSPS) is 15.7. The van der Waals surface area contributed by atoms with Gasteiger partial charge in [0.15, 0.2) is 0 Å². The Morgan fingerprint density at radius 1 is 1.09 bits per heavy atom. The summed E-state index contributed by atoms with van der Waals surface area (Å²) in [5.74, 6) is 1.48. The van der Waals surface area contributed by atoms with Crippen LogP contribution in [0.2, 0.25) is 0 Å². The summed E-state index contributed by atoms with van der Waals surface area (Å²) in [4.78, 5) is 16.6. The van der Waals surface area contributed by atoms with E-state index in [1.807, 2.05) is 0 Å². The predicted octanol–water partition coefficient (Wildman–Crippen LogP) is 5.85. The van der Waals surface area contributed by atoms with E-state index in [-0.39, 0.29) is 24.9 Å². The zero-order valence-corrected chi connectivity index (χ0v) is 20.9. The molecule has 1 aromatic carbocycles. The van der Waals surface area contributed by atoms with Gasteiger partial charge in [-0.2, -0.15) is 4.98 Å². The fraction of sp³-hybridized carbons (Fsp3) is 0.654. The second-order valence-corrected chi connectivity index (χ2v) is 9.13. The Morgan fingerprint density at radius 3 is 2.52 bits per heavy atom. The number of nitrogens with zero attached hydrogens (tertiary/aromatic N) is 2. The number of hydrogen-bond acceptors (Lipinski definition) is 5. The van der Waals surface area contributed by atoms with Crippen molar-refractivity contribution in [2.75, 3.05) is 13.1 Å². The van der Waals surface area contributed by atoms with Gasteiger partial charge in [-0.1, -0.05) is 81.3 Å². The maximum Gasteiger partial charge on any atom is 0.246 e. The number of rotatable bonds is 14. The van der Waals surface area contributed by atoms with Crippen molar-refractivity contribution in [3.63, 3.8) is 0 Å². The maximum absolute atomic E-state index is 12.2. The standard InChI is InChI=1S/C26H40N4O2.ClH/c1-2-3-4-5-6-7-8-9-11-21-13-15-23(16-14-21)26-29-25(32-30-26)20-28-24(31)18-22-12-10-17-27-19-22;/h13-16,22,27H,2-12,17-20H2,1H3,(H,28,31);1H.